The summed E-state index contributed by atoms with van der Waals surface area (Å²) in [5.74, 6) is -9.84. The van der Waals surface area contributed by atoms with E-state index in [4.69, 9.17) is 14.2 Å². The summed E-state index contributed by atoms with van der Waals surface area (Å²) in [4.78, 5) is 13.4. The third-order valence-corrected chi connectivity index (χ3v) is 9.22. The van der Waals surface area contributed by atoms with Crippen LogP contribution >= 0.6 is 0 Å². The van der Waals surface area contributed by atoms with E-state index in [0.29, 0.717) is 0 Å². The van der Waals surface area contributed by atoms with Crippen LogP contribution in [0, 0.1) is 0 Å². The number of esters is 1. The maximum absolute atomic E-state index is 13.4. The molecule has 0 amide bonds. The summed E-state index contributed by atoms with van der Waals surface area (Å²) < 4.78 is 18.1. The molecule has 2 aliphatic heterocycles. The van der Waals surface area contributed by atoms with E-state index in [2.05, 4.69) is 0 Å². The minimum absolute atomic E-state index is 0.0661. The summed E-state index contributed by atoms with van der Waals surface area (Å²) in [6.07, 6.45) is -6.22. The first-order valence-electron chi connectivity index (χ1n) is 15.8. The molecule has 274 valence electrons. The number of fused-ring (bicyclic) bond motifs is 2. The number of hydrogen-bond acceptors (Lipinski definition) is 16. The van der Waals surface area contributed by atoms with Crippen LogP contribution in [-0.4, -0.2) is 79.5 Å². The molecule has 0 unspecified atom stereocenters. The normalized spacial score (nSPS) is 20.4. The van der Waals surface area contributed by atoms with Crippen LogP contribution in [0.15, 0.2) is 66.7 Å². The molecule has 5 atom stereocenters. The number of carbonyl (C=O) groups is 1. The Morgan fingerprint density at radius 2 is 1.17 bits per heavy atom. The first kappa shape index (κ1) is 34.4. The number of carbonyl (C=O) groups excluding carboxylic acids is 1. The highest BCUT2D eigenvalue weighted by molar-refractivity contribution is 5.91. The molecular formula is C37H30O16. The smallest absolute Gasteiger partial charge is 0.338 e. The fraction of sp³-hybridized carbons (Fsp3) is 0.162. The van der Waals surface area contributed by atoms with Crippen LogP contribution in [-0.2, 0) is 11.2 Å². The van der Waals surface area contributed by atoms with Crippen molar-refractivity contribution in [2.24, 2.45) is 0 Å². The average Bonchev–Trinajstić information content (AvgIpc) is 3.10. The van der Waals surface area contributed by atoms with E-state index in [9.17, 15) is 66.1 Å². The molecule has 0 radical (unpaired) electrons. The van der Waals surface area contributed by atoms with E-state index in [0.717, 1.165) is 54.6 Å². The quantitative estimate of drug-likeness (QED) is 0.0899. The van der Waals surface area contributed by atoms with Gasteiger partial charge in [0, 0.05) is 46.9 Å². The standard InChI is InChI=1S/C37H30O16/c38-16-9-23(44)29-27(10-16)51-35(14-2-4-19(40)22(43)6-14)33(49)31(29)30-24(45)12-20(41)17-11-28(52-37(50)15-7-25(46)32(48)26(47)8-15)34(53-36(17)30)13-1-3-18(39)21(42)5-13/h1-10,12,28,31,33-35,38-49H,11H2/t28-,31+,33-,34-,35-/m1/s1. The van der Waals surface area contributed by atoms with Crippen molar-refractivity contribution in [1.82, 2.24) is 0 Å². The Hall–Kier alpha value is -7.07. The maximum atomic E-state index is 13.4. The van der Waals surface area contributed by atoms with Crippen molar-refractivity contribution in [2.75, 3.05) is 0 Å². The summed E-state index contributed by atoms with van der Waals surface area (Å²) in [7, 11) is 0. The number of benzene rings is 5. The first-order valence-corrected chi connectivity index (χ1v) is 15.8. The number of ether oxygens (including phenoxy) is 3. The van der Waals surface area contributed by atoms with Crippen LogP contribution in [0.4, 0.5) is 0 Å². The fourth-order valence-electron chi connectivity index (χ4n) is 6.72. The second-order valence-corrected chi connectivity index (χ2v) is 12.6. The van der Waals surface area contributed by atoms with E-state index in [1.54, 1.807) is 0 Å². The molecule has 0 saturated carbocycles. The molecule has 53 heavy (non-hydrogen) atoms. The summed E-state index contributed by atoms with van der Waals surface area (Å²) >= 11 is 0. The van der Waals surface area contributed by atoms with Crippen LogP contribution < -0.4 is 9.47 Å². The molecule has 12 N–H and O–H groups in total. The fourth-order valence-corrected chi connectivity index (χ4v) is 6.72. The van der Waals surface area contributed by atoms with Gasteiger partial charge in [0.1, 0.15) is 46.7 Å². The lowest BCUT2D eigenvalue weighted by molar-refractivity contribution is -0.0210. The molecule has 16 heteroatoms. The van der Waals surface area contributed by atoms with E-state index >= 15 is 0 Å². The highest BCUT2D eigenvalue weighted by Crippen LogP contribution is 2.57. The van der Waals surface area contributed by atoms with E-state index in [1.165, 1.54) is 12.1 Å². The maximum Gasteiger partial charge on any atom is 0.338 e. The predicted octanol–water partition coefficient (Wildman–Crippen LogP) is 3.98. The number of aliphatic hydroxyl groups excluding tert-OH is 1. The number of rotatable bonds is 5. The monoisotopic (exact) mass is 730 g/mol. The molecule has 0 aromatic heterocycles. The van der Waals surface area contributed by atoms with Crippen LogP contribution in [0.5, 0.6) is 74.7 Å². The molecule has 2 aliphatic rings. The van der Waals surface area contributed by atoms with E-state index < -0.39 is 105 Å². The molecule has 5 aromatic carbocycles. The van der Waals surface area contributed by atoms with Gasteiger partial charge in [0.15, 0.2) is 52.5 Å². The average molecular weight is 731 g/mol. The minimum atomic E-state index is -1.72. The second-order valence-electron chi connectivity index (χ2n) is 12.6. The Balaban J connectivity index is 1.39. The van der Waals surface area contributed by atoms with Gasteiger partial charge < -0.3 is 75.5 Å². The Kier molecular flexibility index (Phi) is 8.18. The summed E-state index contributed by atoms with van der Waals surface area (Å²) in [6.45, 7) is 0. The number of phenolic OH excluding ortho intramolecular Hbond substituents is 11. The van der Waals surface area contributed by atoms with E-state index in [-0.39, 0.29) is 45.7 Å². The Labute approximate surface area is 297 Å². The van der Waals surface area contributed by atoms with Crippen molar-refractivity contribution < 1.29 is 80.3 Å². The molecule has 0 bridgehead atoms. The van der Waals surface area contributed by atoms with Gasteiger partial charge in [-0.1, -0.05) is 12.1 Å². The van der Waals surface area contributed by atoms with Crippen LogP contribution in [0.1, 0.15) is 56.3 Å². The Morgan fingerprint density at radius 3 is 1.77 bits per heavy atom. The lowest BCUT2D eigenvalue weighted by atomic mass is 9.77. The topological polar surface area (TPSA) is 288 Å². The van der Waals surface area contributed by atoms with Gasteiger partial charge in [-0.3, -0.25) is 0 Å². The van der Waals surface area contributed by atoms with E-state index in [1.807, 2.05) is 0 Å². The Morgan fingerprint density at radius 1 is 0.585 bits per heavy atom. The lowest BCUT2D eigenvalue weighted by Crippen LogP contribution is -2.38. The van der Waals surface area contributed by atoms with Crippen molar-refractivity contribution in [3.8, 4) is 74.7 Å². The van der Waals surface area contributed by atoms with Gasteiger partial charge in [-0.2, -0.15) is 0 Å². The largest absolute Gasteiger partial charge is 0.508 e. The van der Waals surface area contributed by atoms with Gasteiger partial charge >= 0.3 is 5.97 Å². The van der Waals surface area contributed by atoms with Gasteiger partial charge in [-0.15, -0.1) is 0 Å². The molecule has 7 rings (SSSR count). The van der Waals surface area contributed by atoms with Crippen molar-refractivity contribution in [2.45, 2.75) is 36.8 Å². The van der Waals surface area contributed by atoms with Crippen molar-refractivity contribution in [3.63, 3.8) is 0 Å². The van der Waals surface area contributed by atoms with Crippen LogP contribution in [0.25, 0.3) is 0 Å². The Bertz CT molecular complexity index is 2280. The summed E-state index contributed by atoms with van der Waals surface area (Å²) in [6, 6.07) is 11.9. The predicted molar refractivity (Wildman–Crippen MR) is 178 cm³/mol. The van der Waals surface area contributed by atoms with Gasteiger partial charge in [0.2, 0.25) is 0 Å². The molecule has 0 spiro atoms. The van der Waals surface area contributed by atoms with Gasteiger partial charge in [0.05, 0.1) is 11.5 Å². The number of phenols is 11. The lowest BCUT2D eigenvalue weighted by Gasteiger charge is -2.40. The van der Waals surface area contributed by atoms with Gasteiger partial charge in [-0.05, 0) is 42.0 Å². The number of hydrogen-bond donors (Lipinski definition) is 12. The van der Waals surface area contributed by atoms with Crippen LogP contribution in [0.2, 0.25) is 0 Å². The molecular weight excluding hydrogens is 700 g/mol. The molecule has 16 nitrogen and oxygen atoms in total. The molecule has 0 aliphatic carbocycles. The van der Waals surface area contributed by atoms with Gasteiger partial charge in [-0.25, -0.2) is 4.79 Å². The highest BCUT2D eigenvalue weighted by atomic mass is 16.6. The number of aromatic hydroxyl groups is 11. The number of aliphatic hydroxyl groups is 1. The molecule has 5 aromatic rings. The molecule has 0 fully saturated rings. The second kappa shape index (κ2) is 12.6. The molecule has 0 saturated heterocycles. The van der Waals surface area contributed by atoms with Crippen molar-refractivity contribution in [1.29, 1.82) is 0 Å². The zero-order valence-electron chi connectivity index (χ0n) is 26.9. The summed E-state index contributed by atoms with van der Waals surface area (Å²) in [5, 5.41) is 126. The van der Waals surface area contributed by atoms with Crippen molar-refractivity contribution in [3.05, 3.63) is 100 Å². The minimum Gasteiger partial charge on any atom is -0.508 e. The zero-order valence-corrected chi connectivity index (χ0v) is 26.9. The third kappa shape index (κ3) is 5.85. The SMILES string of the molecule is O=C(O[C@@H]1Cc2c(O)cc(O)c([C@@H]3c4c(O)cc(O)cc4O[C@H](c4ccc(O)c(O)c4)[C@@H]3O)c2O[C@@H]1c1ccc(O)c(O)c1)c1cc(O)c(O)c(O)c1. The summed E-state index contributed by atoms with van der Waals surface area (Å²) in [5.41, 5.74) is -0.556. The molecule has 2 heterocycles. The van der Waals surface area contributed by atoms with Crippen LogP contribution in [0.3, 0.4) is 0 Å². The highest BCUT2D eigenvalue weighted by Gasteiger charge is 2.47. The zero-order chi connectivity index (χ0) is 38.0. The van der Waals surface area contributed by atoms with Gasteiger partial charge in [0.25, 0.3) is 0 Å². The van der Waals surface area contributed by atoms with Crippen molar-refractivity contribution >= 4 is 5.97 Å². The third-order valence-electron chi connectivity index (χ3n) is 9.22. The first-order chi connectivity index (χ1) is 25.1.